The molecule has 0 radical (unpaired) electrons. The van der Waals surface area contributed by atoms with Crippen LogP contribution in [0.1, 0.15) is 35.8 Å². The van der Waals surface area contributed by atoms with Crippen molar-refractivity contribution in [1.29, 1.82) is 0 Å². The van der Waals surface area contributed by atoms with Gasteiger partial charge in [0.2, 0.25) is 5.91 Å². The number of benzene rings is 1. The third kappa shape index (κ3) is 5.70. The number of esters is 1. The Kier molecular flexibility index (Phi) is 8.45. The maximum atomic E-state index is 13.5. The number of nitrogens with one attached hydrogen (secondary N) is 1. The lowest BCUT2D eigenvalue weighted by atomic mass is 10.2. The first kappa shape index (κ1) is 23.4. The Morgan fingerprint density at radius 3 is 2.64 bits per heavy atom. The van der Waals surface area contributed by atoms with Gasteiger partial charge in [-0.15, -0.1) is 12.4 Å². The highest BCUT2D eigenvalue weighted by Gasteiger charge is 2.41. The summed E-state index contributed by atoms with van der Waals surface area (Å²) in [5.74, 6) is -1.41. The van der Waals surface area contributed by atoms with Crippen LogP contribution >= 0.6 is 12.4 Å². The standard InChI is InChI=1S/C17H19F3N4O3.ClH/c1-2-27-16(26)13-10-22-24(15(13)17(18,19)20)12-6-3-5-11(9-12)23-14(25)7-4-8-21;/h3,5-6,9-10H,2,4,7-8,21H2,1H3,(H,23,25);1H. The van der Waals surface area contributed by atoms with E-state index in [0.717, 1.165) is 6.20 Å². The average molecular weight is 421 g/mol. The summed E-state index contributed by atoms with van der Waals surface area (Å²) in [6, 6.07) is 5.72. The second-order valence-corrected chi connectivity index (χ2v) is 5.53. The fourth-order valence-corrected chi connectivity index (χ4v) is 2.38. The summed E-state index contributed by atoms with van der Waals surface area (Å²) in [5.41, 5.74) is 3.76. The second kappa shape index (κ2) is 10.1. The van der Waals surface area contributed by atoms with Gasteiger partial charge >= 0.3 is 12.1 Å². The molecule has 0 aliphatic carbocycles. The van der Waals surface area contributed by atoms with Gasteiger partial charge in [-0.25, -0.2) is 9.48 Å². The Labute approximate surface area is 165 Å². The molecule has 0 aliphatic rings. The molecule has 2 aromatic rings. The Balaban J connectivity index is 0.00000392. The van der Waals surface area contributed by atoms with E-state index in [4.69, 9.17) is 5.73 Å². The van der Waals surface area contributed by atoms with Crippen LogP contribution in [0.5, 0.6) is 0 Å². The van der Waals surface area contributed by atoms with Crippen LogP contribution in [0.4, 0.5) is 18.9 Å². The quantitative estimate of drug-likeness (QED) is 0.670. The molecule has 0 saturated heterocycles. The molecule has 2 rings (SSSR count). The predicted molar refractivity (Wildman–Crippen MR) is 98.7 cm³/mol. The van der Waals surface area contributed by atoms with Crippen LogP contribution in [0.3, 0.4) is 0 Å². The lowest BCUT2D eigenvalue weighted by Crippen LogP contribution is -2.19. The molecule has 3 N–H and O–H groups in total. The van der Waals surface area contributed by atoms with E-state index in [1.807, 2.05) is 0 Å². The number of nitrogens with two attached hydrogens (primary N) is 1. The average Bonchev–Trinajstić information content (AvgIpc) is 3.06. The molecule has 0 saturated carbocycles. The van der Waals surface area contributed by atoms with Gasteiger partial charge < -0.3 is 15.8 Å². The van der Waals surface area contributed by atoms with Crippen LogP contribution in [0.2, 0.25) is 0 Å². The number of ether oxygens (including phenoxy) is 1. The first-order valence-electron chi connectivity index (χ1n) is 8.20. The van der Waals surface area contributed by atoms with Gasteiger partial charge in [-0.3, -0.25) is 4.79 Å². The molecule has 1 amide bonds. The van der Waals surface area contributed by atoms with Gasteiger partial charge in [0.1, 0.15) is 5.56 Å². The van der Waals surface area contributed by atoms with Crippen molar-refractivity contribution in [3.63, 3.8) is 0 Å². The van der Waals surface area contributed by atoms with Crippen LogP contribution in [0, 0.1) is 0 Å². The highest BCUT2D eigenvalue weighted by atomic mass is 35.5. The van der Waals surface area contributed by atoms with Crippen molar-refractivity contribution in [2.24, 2.45) is 5.73 Å². The van der Waals surface area contributed by atoms with Gasteiger partial charge in [0.15, 0.2) is 5.69 Å². The first-order chi connectivity index (χ1) is 12.8. The monoisotopic (exact) mass is 420 g/mol. The number of amides is 1. The van der Waals surface area contributed by atoms with Gasteiger partial charge in [0.25, 0.3) is 0 Å². The third-order valence-corrected chi connectivity index (χ3v) is 3.52. The molecule has 1 heterocycles. The van der Waals surface area contributed by atoms with Crippen LogP contribution in [0.15, 0.2) is 30.5 Å². The highest BCUT2D eigenvalue weighted by molar-refractivity contribution is 5.91. The second-order valence-electron chi connectivity index (χ2n) is 5.53. The fraction of sp³-hybridized carbons (Fsp3) is 0.353. The molecular weight excluding hydrogens is 401 g/mol. The van der Waals surface area contributed by atoms with E-state index in [-0.39, 0.29) is 37.0 Å². The number of hydrogen-bond donors (Lipinski definition) is 2. The minimum Gasteiger partial charge on any atom is -0.462 e. The normalized spacial score (nSPS) is 10.9. The molecule has 0 bridgehead atoms. The van der Waals surface area contributed by atoms with E-state index in [9.17, 15) is 22.8 Å². The number of rotatable bonds is 7. The largest absolute Gasteiger partial charge is 0.462 e. The maximum absolute atomic E-state index is 13.5. The number of carbonyl (C=O) groups excluding carboxylic acids is 2. The van der Waals surface area contributed by atoms with Crippen molar-refractivity contribution in [1.82, 2.24) is 9.78 Å². The number of nitrogens with zero attached hydrogens (tertiary/aromatic N) is 2. The van der Waals surface area contributed by atoms with Crippen molar-refractivity contribution < 1.29 is 27.5 Å². The van der Waals surface area contributed by atoms with Crippen molar-refractivity contribution in [2.75, 3.05) is 18.5 Å². The Bertz CT molecular complexity index is 824. The summed E-state index contributed by atoms with van der Waals surface area (Å²) in [6.07, 6.45) is -3.33. The zero-order valence-electron chi connectivity index (χ0n) is 15.0. The van der Waals surface area contributed by atoms with Gasteiger partial charge in [0, 0.05) is 12.1 Å². The van der Waals surface area contributed by atoms with Crippen molar-refractivity contribution in [3.8, 4) is 5.69 Å². The lowest BCUT2D eigenvalue weighted by molar-refractivity contribution is -0.143. The maximum Gasteiger partial charge on any atom is 0.434 e. The molecule has 0 atom stereocenters. The fourth-order valence-electron chi connectivity index (χ4n) is 2.38. The minimum absolute atomic E-state index is 0. The number of anilines is 1. The zero-order chi connectivity index (χ0) is 20.0. The van der Waals surface area contributed by atoms with E-state index in [1.165, 1.54) is 31.2 Å². The van der Waals surface area contributed by atoms with Crippen molar-refractivity contribution in [2.45, 2.75) is 25.9 Å². The molecule has 11 heteroatoms. The van der Waals surface area contributed by atoms with Crippen LogP contribution in [-0.4, -0.2) is 34.8 Å². The highest BCUT2D eigenvalue weighted by Crippen LogP contribution is 2.34. The number of hydrogen-bond acceptors (Lipinski definition) is 5. The number of carbonyl (C=O) groups is 2. The Morgan fingerprint density at radius 2 is 2.04 bits per heavy atom. The van der Waals surface area contributed by atoms with Crippen LogP contribution < -0.4 is 11.1 Å². The molecule has 0 unspecified atom stereocenters. The molecule has 0 spiro atoms. The van der Waals surface area contributed by atoms with Crippen LogP contribution in [-0.2, 0) is 15.7 Å². The molecular formula is C17H20ClF3N4O3. The smallest absolute Gasteiger partial charge is 0.434 e. The molecule has 1 aromatic heterocycles. The topological polar surface area (TPSA) is 99.2 Å². The molecule has 1 aromatic carbocycles. The van der Waals surface area contributed by atoms with Crippen LogP contribution in [0.25, 0.3) is 5.69 Å². The van der Waals surface area contributed by atoms with E-state index in [2.05, 4.69) is 15.2 Å². The number of alkyl halides is 3. The van der Waals surface area contributed by atoms with Crippen molar-refractivity contribution in [3.05, 3.63) is 41.7 Å². The SMILES string of the molecule is CCOC(=O)c1cnn(-c2cccc(NC(=O)CCCN)c2)c1C(F)(F)F.Cl. The van der Waals surface area contributed by atoms with Gasteiger partial charge in [-0.05, 0) is 38.1 Å². The molecule has 28 heavy (non-hydrogen) atoms. The summed E-state index contributed by atoms with van der Waals surface area (Å²) in [5, 5.41) is 6.28. The molecule has 0 fully saturated rings. The third-order valence-electron chi connectivity index (χ3n) is 3.52. The molecule has 0 aliphatic heterocycles. The first-order valence-corrected chi connectivity index (χ1v) is 8.20. The van der Waals surface area contributed by atoms with E-state index in [1.54, 1.807) is 0 Å². The van der Waals surface area contributed by atoms with Gasteiger partial charge in [-0.2, -0.15) is 18.3 Å². The number of aromatic nitrogens is 2. The minimum atomic E-state index is -4.83. The summed E-state index contributed by atoms with van der Waals surface area (Å²) in [4.78, 5) is 23.6. The summed E-state index contributed by atoms with van der Waals surface area (Å²) < 4.78 is 45.9. The summed E-state index contributed by atoms with van der Waals surface area (Å²) >= 11 is 0. The van der Waals surface area contributed by atoms with E-state index < -0.39 is 23.4 Å². The number of halogens is 4. The Hall–Kier alpha value is -2.59. The molecule has 7 nitrogen and oxygen atoms in total. The van der Waals surface area contributed by atoms with Gasteiger partial charge in [0.05, 0.1) is 18.5 Å². The van der Waals surface area contributed by atoms with Gasteiger partial charge in [-0.1, -0.05) is 6.07 Å². The Morgan fingerprint density at radius 1 is 1.32 bits per heavy atom. The zero-order valence-corrected chi connectivity index (χ0v) is 15.8. The lowest BCUT2D eigenvalue weighted by Gasteiger charge is -2.13. The van der Waals surface area contributed by atoms with E-state index in [0.29, 0.717) is 23.3 Å². The predicted octanol–water partition coefficient (Wildman–Crippen LogP) is 3.17. The van der Waals surface area contributed by atoms with E-state index >= 15 is 0 Å². The summed E-state index contributed by atoms with van der Waals surface area (Å²) in [7, 11) is 0. The molecule has 154 valence electrons. The van der Waals surface area contributed by atoms with Crippen molar-refractivity contribution >= 4 is 30.0 Å². The summed E-state index contributed by atoms with van der Waals surface area (Å²) in [6.45, 7) is 1.78.